The molecule has 0 atom stereocenters. The van der Waals surface area contributed by atoms with Crippen LogP contribution in [0.4, 0.5) is 0 Å². The quantitative estimate of drug-likeness (QED) is 0.263. The molecule has 0 amide bonds. The van der Waals surface area contributed by atoms with Crippen molar-refractivity contribution in [2.45, 2.75) is 0 Å². The summed E-state index contributed by atoms with van der Waals surface area (Å²) >= 11 is 6.96. The SMILES string of the molecule is OP(O)(=S)OS.[Mo]. The minimum atomic E-state index is -3.45. The molecule has 0 aromatic heterocycles. The second-order valence-corrected chi connectivity index (χ2v) is 3.63. The summed E-state index contributed by atoms with van der Waals surface area (Å²) in [6.45, 7) is -3.45. The van der Waals surface area contributed by atoms with Gasteiger partial charge in [-0.05, 0) is 24.7 Å². The Morgan fingerprint density at radius 3 is 1.71 bits per heavy atom. The molecule has 0 aliphatic rings. The fourth-order valence-corrected chi connectivity index (χ4v) is 0. The first-order valence-corrected chi connectivity index (χ1v) is 3.94. The fraction of sp³-hybridized carbons (Fsp3) is 0. The number of hydrogen-bond acceptors (Lipinski definition) is 3. The molecule has 7 heteroatoms. The molecule has 0 spiro atoms. The zero-order valence-corrected chi connectivity index (χ0v) is 7.63. The van der Waals surface area contributed by atoms with E-state index >= 15 is 0 Å². The summed E-state index contributed by atoms with van der Waals surface area (Å²) in [5.41, 5.74) is 0. The Kier molecular flexibility index (Phi) is 7.23. The molecule has 0 radical (unpaired) electrons. The second-order valence-electron chi connectivity index (χ2n) is 0.572. The summed E-state index contributed by atoms with van der Waals surface area (Å²) < 4.78 is 3.67. The molecule has 0 heterocycles. The van der Waals surface area contributed by atoms with E-state index in [4.69, 9.17) is 9.79 Å². The molecule has 0 fully saturated rings. The molecule has 2 N–H and O–H groups in total. The third kappa shape index (κ3) is 11.2. The molecule has 0 aromatic carbocycles. The van der Waals surface area contributed by atoms with Crippen molar-refractivity contribution in [1.29, 1.82) is 0 Å². The predicted molar refractivity (Wildman–Crippen MR) is 28.8 cm³/mol. The van der Waals surface area contributed by atoms with E-state index in [1.807, 2.05) is 0 Å². The van der Waals surface area contributed by atoms with Crippen molar-refractivity contribution >= 4 is 31.4 Å². The Labute approximate surface area is 66.2 Å². The molecule has 0 rings (SSSR count). The largest absolute Gasteiger partial charge is 0.333 e. The number of thiol groups is 1. The molecule has 0 aliphatic carbocycles. The van der Waals surface area contributed by atoms with Gasteiger partial charge in [0, 0.05) is 21.1 Å². The van der Waals surface area contributed by atoms with Crippen molar-refractivity contribution in [1.82, 2.24) is 0 Å². The predicted octanol–water partition coefficient (Wildman–Crippen LogP) is 0.0544. The first-order valence-electron chi connectivity index (χ1n) is 0.948. The van der Waals surface area contributed by atoms with Crippen LogP contribution in [-0.4, -0.2) is 9.79 Å². The van der Waals surface area contributed by atoms with Crippen LogP contribution >= 0.6 is 19.6 Å². The normalized spacial score (nSPS) is 10.1. The van der Waals surface area contributed by atoms with Crippen molar-refractivity contribution in [3.05, 3.63) is 0 Å². The van der Waals surface area contributed by atoms with Crippen LogP contribution in [0.15, 0.2) is 0 Å². The van der Waals surface area contributed by atoms with E-state index in [0.29, 0.717) is 0 Å². The molecule has 44 valence electrons. The van der Waals surface area contributed by atoms with Crippen molar-refractivity contribution < 1.29 is 34.8 Å². The van der Waals surface area contributed by atoms with Gasteiger partial charge in [0.05, 0.1) is 0 Å². The van der Waals surface area contributed by atoms with Crippen molar-refractivity contribution in [2.24, 2.45) is 0 Å². The standard InChI is InChI=1S/Mo.H3O3PS2/c;1-4(2,6)3-5/h;5H,(H2,1,2,6). The van der Waals surface area contributed by atoms with Crippen LogP contribution in [0.25, 0.3) is 0 Å². The van der Waals surface area contributed by atoms with E-state index < -0.39 is 6.72 Å². The summed E-state index contributed by atoms with van der Waals surface area (Å²) in [4.78, 5) is 16.0. The second kappa shape index (κ2) is 4.45. The Morgan fingerprint density at radius 1 is 1.57 bits per heavy atom. The topological polar surface area (TPSA) is 49.7 Å². The monoisotopic (exact) mass is 244 g/mol. The number of rotatable bonds is 1. The summed E-state index contributed by atoms with van der Waals surface area (Å²) in [6.07, 6.45) is 0. The van der Waals surface area contributed by atoms with Gasteiger partial charge in [0.1, 0.15) is 0 Å². The average molecular weight is 242 g/mol. The summed E-state index contributed by atoms with van der Waals surface area (Å²) in [5.74, 6) is 0. The molecule has 0 bridgehead atoms. The van der Waals surface area contributed by atoms with Gasteiger partial charge in [0.2, 0.25) is 0 Å². The van der Waals surface area contributed by atoms with E-state index in [-0.39, 0.29) is 21.1 Å². The van der Waals surface area contributed by atoms with Gasteiger partial charge in [-0.15, -0.1) is 0 Å². The molecule has 0 saturated carbocycles. The van der Waals surface area contributed by atoms with Crippen LogP contribution in [0.5, 0.6) is 0 Å². The van der Waals surface area contributed by atoms with Gasteiger partial charge < -0.3 is 9.79 Å². The summed E-state index contributed by atoms with van der Waals surface area (Å²) in [6, 6.07) is 0. The first kappa shape index (κ1) is 11.4. The maximum absolute atomic E-state index is 8.01. The van der Waals surface area contributed by atoms with Gasteiger partial charge in [-0.1, -0.05) is 0 Å². The van der Waals surface area contributed by atoms with Crippen LogP contribution in [0.2, 0.25) is 0 Å². The van der Waals surface area contributed by atoms with Gasteiger partial charge in [-0.25, -0.2) is 3.97 Å². The maximum atomic E-state index is 8.01. The van der Waals surface area contributed by atoms with Crippen molar-refractivity contribution in [3.8, 4) is 0 Å². The van der Waals surface area contributed by atoms with Gasteiger partial charge in [0.15, 0.2) is 0 Å². The van der Waals surface area contributed by atoms with Gasteiger partial charge in [-0.3, -0.25) is 0 Å². The minimum absolute atomic E-state index is 0. The Hall–Kier alpha value is 1.57. The molecule has 0 saturated heterocycles. The van der Waals surface area contributed by atoms with Crippen molar-refractivity contribution in [2.75, 3.05) is 0 Å². The smallest absolute Gasteiger partial charge is 0.324 e. The van der Waals surface area contributed by atoms with Crippen LogP contribution in [0.1, 0.15) is 0 Å². The van der Waals surface area contributed by atoms with E-state index in [1.54, 1.807) is 0 Å². The van der Waals surface area contributed by atoms with Gasteiger partial charge >= 0.3 is 6.72 Å². The number of hydrogen-bond donors (Lipinski definition) is 3. The van der Waals surface area contributed by atoms with Gasteiger partial charge in [-0.2, -0.15) is 0 Å². The molecule has 0 unspecified atom stereocenters. The maximum Gasteiger partial charge on any atom is 0.333 e. The molecule has 0 aromatic rings. The van der Waals surface area contributed by atoms with Crippen LogP contribution < -0.4 is 0 Å². The van der Waals surface area contributed by atoms with E-state index in [9.17, 15) is 0 Å². The summed E-state index contributed by atoms with van der Waals surface area (Å²) in [7, 11) is 0. The molecular weight excluding hydrogens is 239 g/mol. The van der Waals surface area contributed by atoms with Crippen LogP contribution in [-0.2, 0) is 36.8 Å². The molecule has 7 heavy (non-hydrogen) atoms. The summed E-state index contributed by atoms with van der Waals surface area (Å²) in [5, 5.41) is 0. The molecule has 3 nitrogen and oxygen atoms in total. The Morgan fingerprint density at radius 2 is 1.71 bits per heavy atom. The van der Waals surface area contributed by atoms with Crippen LogP contribution in [0, 0.1) is 0 Å². The first-order chi connectivity index (χ1) is 2.56. The van der Waals surface area contributed by atoms with Crippen LogP contribution in [0.3, 0.4) is 0 Å². The van der Waals surface area contributed by atoms with Gasteiger partial charge in [0.25, 0.3) is 0 Å². The molecular formula is H3MoO3PS2. The third-order valence-electron chi connectivity index (χ3n) is 0.106. The average Bonchev–Trinajstić information content (AvgIpc) is 1.35. The zero-order chi connectivity index (χ0) is 5.21. The minimum Gasteiger partial charge on any atom is -0.324 e. The van der Waals surface area contributed by atoms with E-state index in [1.165, 1.54) is 0 Å². The Balaban J connectivity index is 0. The van der Waals surface area contributed by atoms with Crippen molar-refractivity contribution in [3.63, 3.8) is 0 Å². The third-order valence-corrected chi connectivity index (χ3v) is 1.56. The molecule has 0 aliphatic heterocycles. The van der Waals surface area contributed by atoms with E-state index in [2.05, 4.69) is 28.7 Å². The van der Waals surface area contributed by atoms with E-state index in [0.717, 1.165) is 0 Å². The zero-order valence-electron chi connectivity index (χ0n) is 3.01. The fourth-order valence-electron chi connectivity index (χ4n) is 0. The Bertz CT molecular complexity index is 77.0.